The van der Waals surface area contributed by atoms with Gasteiger partial charge in [-0.25, -0.2) is 0 Å². The molecule has 0 spiro atoms. The summed E-state index contributed by atoms with van der Waals surface area (Å²) in [6.45, 7) is 4.71. The quantitative estimate of drug-likeness (QED) is 0.843. The van der Waals surface area contributed by atoms with Crippen LogP contribution in [0, 0.1) is 5.92 Å². The molecule has 1 saturated carbocycles. The summed E-state index contributed by atoms with van der Waals surface area (Å²) in [7, 11) is 0. The lowest BCUT2D eigenvalue weighted by Gasteiger charge is -2.19. The van der Waals surface area contributed by atoms with Crippen LogP contribution in [0.5, 0.6) is 0 Å². The predicted molar refractivity (Wildman–Crippen MR) is 77.5 cm³/mol. The van der Waals surface area contributed by atoms with Crippen LogP contribution in [0.2, 0.25) is 5.02 Å². The van der Waals surface area contributed by atoms with Gasteiger partial charge in [0, 0.05) is 24.8 Å². The summed E-state index contributed by atoms with van der Waals surface area (Å²) in [5.74, 6) is 0.433. The Kier molecular flexibility index (Phi) is 4.53. The Morgan fingerprint density at radius 3 is 2.79 bits per heavy atom. The van der Waals surface area contributed by atoms with Gasteiger partial charge in [0.05, 0.1) is 5.02 Å². The van der Waals surface area contributed by atoms with Crippen molar-refractivity contribution in [1.82, 2.24) is 9.88 Å². The molecule has 1 aliphatic carbocycles. The van der Waals surface area contributed by atoms with Crippen molar-refractivity contribution in [3.05, 3.63) is 23.0 Å². The molecule has 1 aromatic heterocycles. The van der Waals surface area contributed by atoms with Gasteiger partial charge in [0.25, 0.3) is 5.91 Å². The van der Waals surface area contributed by atoms with E-state index in [0.29, 0.717) is 29.2 Å². The van der Waals surface area contributed by atoms with Crippen molar-refractivity contribution in [1.29, 1.82) is 0 Å². The van der Waals surface area contributed by atoms with Crippen LogP contribution in [0.1, 0.15) is 49.6 Å². The lowest BCUT2D eigenvalue weighted by Crippen LogP contribution is -2.41. The van der Waals surface area contributed by atoms with Crippen LogP contribution < -0.4 is 11.1 Å². The number of nitrogens with one attached hydrogen (secondary N) is 1. The van der Waals surface area contributed by atoms with Crippen LogP contribution in [-0.4, -0.2) is 23.1 Å². The van der Waals surface area contributed by atoms with E-state index in [1.807, 2.05) is 10.8 Å². The largest absolute Gasteiger partial charge is 0.347 e. The van der Waals surface area contributed by atoms with E-state index >= 15 is 0 Å². The van der Waals surface area contributed by atoms with Crippen molar-refractivity contribution in [2.75, 3.05) is 6.54 Å². The molecule has 0 aliphatic heterocycles. The fourth-order valence-corrected chi connectivity index (χ4v) is 2.53. The summed E-state index contributed by atoms with van der Waals surface area (Å²) in [6, 6.07) is 2.20. The molecule has 1 unspecified atom stereocenters. The third kappa shape index (κ3) is 3.74. The predicted octanol–water partition coefficient (Wildman–Crippen LogP) is 2.58. The number of rotatable bonds is 6. The van der Waals surface area contributed by atoms with E-state index in [0.717, 1.165) is 19.3 Å². The second-order valence-corrected chi connectivity index (χ2v) is 6.15. The van der Waals surface area contributed by atoms with E-state index < -0.39 is 0 Å². The maximum Gasteiger partial charge on any atom is 0.268 e. The van der Waals surface area contributed by atoms with Crippen LogP contribution in [0.15, 0.2) is 12.3 Å². The third-order valence-corrected chi connectivity index (χ3v) is 3.57. The molecular weight excluding hydrogens is 262 g/mol. The van der Waals surface area contributed by atoms with Gasteiger partial charge in [0.15, 0.2) is 0 Å². The third-order valence-electron chi connectivity index (χ3n) is 3.36. The number of nitrogens with two attached hydrogens (primary N) is 1. The average molecular weight is 284 g/mol. The first-order valence-electron chi connectivity index (χ1n) is 6.89. The van der Waals surface area contributed by atoms with Crippen LogP contribution in [-0.2, 0) is 0 Å². The van der Waals surface area contributed by atoms with Crippen LogP contribution >= 0.6 is 11.6 Å². The number of nitrogens with zero attached hydrogens (tertiary/aromatic N) is 1. The number of amides is 1. The van der Waals surface area contributed by atoms with E-state index in [2.05, 4.69) is 19.2 Å². The summed E-state index contributed by atoms with van der Waals surface area (Å²) < 4.78 is 1.99. The van der Waals surface area contributed by atoms with Crippen LogP contribution in [0.4, 0.5) is 0 Å². The molecule has 4 nitrogen and oxygen atoms in total. The standard InChI is InChI=1S/C14H22ClN3O/c1-9(2)5-11(7-16)17-14(19)13-6-10(15)8-18(13)12-3-4-12/h6,8-9,11-12H,3-5,7,16H2,1-2H3,(H,17,19). The molecule has 0 saturated heterocycles. The van der Waals surface area contributed by atoms with E-state index in [1.54, 1.807) is 6.07 Å². The average Bonchev–Trinajstić information content (AvgIpc) is 3.10. The van der Waals surface area contributed by atoms with Crippen molar-refractivity contribution in [2.45, 2.75) is 45.2 Å². The lowest BCUT2D eigenvalue weighted by molar-refractivity contribution is 0.0924. The summed E-state index contributed by atoms with van der Waals surface area (Å²) in [4.78, 5) is 12.3. The number of halogens is 1. The number of aromatic nitrogens is 1. The maximum absolute atomic E-state index is 12.3. The van der Waals surface area contributed by atoms with Gasteiger partial charge in [-0.1, -0.05) is 25.4 Å². The van der Waals surface area contributed by atoms with Crippen molar-refractivity contribution in [3.63, 3.8) is 0 Å². The monoisotopic (exact) mass is 283 g/mol. The zero-order valence-corrected chi connectivity index (χ0v) is 12.3. The number of carbonyl (C=O) groups excluding carboxylic acids is 1. The van der Waals surface area contributed by atoms with Crippen molar-refractivity contribution < 1.29 is 4.79 Å². The van der Waals surface area contributed by atoms with Gasteiger partial charge in [0.2, 0.25) is 0 Å². The second-order valence-electron chi connectivity index (χ2n) is 5.72. The molecule has 5 heteroatoms. The fraction of sp³-hybridized carbons (Fsp3) is 0.643. The molecule has 1 aliphatic rings. The smallest absolute Gasteiger partial charge is 0.268 e. The Bertz CT molecular complexity index is 452. The first kappa shape index (κ1) is 14.4. The van der Waals surface area contributed by atoms with Gasteiger partial charge >= 0.3 is 0 Å². The molecule has 0 bridgehead atoms. The number of hydrogen-bond donors (Lipinski definition) is 2. The molecule has 1 aromatic rings. The zero-order valence-electron chi connectivity index (χ0n) is 11.5. The Balaban J connectivity index is 2.06. The molecule has 1 fully saturated rings. The van der Waals surface area contributed by atoms with E-state index in [9.17, 15) is 4.79 Å². The van der Waals surface area contributed by atoms with Crippen molar-refractivity contribution in [2.24, 2.45) is 11.7 Å². The van der Waals surface area contributed by atoms with E-state index in [-0.39, 0.29) is 11.9 Å². The zero-order chi connectivity index (χ0) is 14.0. The highest BCUT2D eigenvalue weighted by molar-refractivity contribution is 6.31. The van der Waals surface area contributed by atoms with Gasteiger partial charge in [0.1, 0.15) is 5.69 Å². The molecular formula is C14H22ClN3O. The Labute approximate surface area is 119 Å². The highest BCUT2D eigenvalue weighted by Gasteiger charge is 2.28. The lowest BCUT2D eigenvalue weighted by atomic mass is 10.0. The normalized spacial score (nSPS) is 16.7. The molecule has 3 N–H and O–H groups in total. The Morgan fingerprint density at radius 2 is 2.26 bits per heavy atom. The fourth-order valence-electron chi connectivity index (χ4n) is 2.32. The van der Waals surface area contributed by atoms with Gasteiger partial charge in [-0.3, -0.25) is 4.79 Å². The number of carbonyl (C=O) groups is 1. The van der Waals surface area contributed by atoms with E-state index in [4.69, 9.17) is 17.3 Å². The molecule has 1 heterocycles. The highest BCUT2D eigenvalue weighted by Crippen LogP contribution is 2.37. The highest BCUT2D eigenvalue weighted by atomic mass is 35.5. The SMILES string of the molecule is CC(C)CC(CN)NC(=O)c1cc(Cl)cn1C1CC1. The Morgan fingerprint density at radius 1 is 1.58 bits per heavy atom. The van der Waals surface area contributed by atoms with Crippen molar-refractivity contribution >= 4 is 17.5 Å². The summed E-state index contributed by atoms with van der Waals surface area (Å²) in [6.07, 6.45) is 4.98. The molecule has 0 aromatic carbocycles. The molecule has 106 valence electrons. The summed E-state index contributed by atoms with van der Waals surface area (Å²) in [5.41, 5.74) is 6.36. The minimum absolute atomic E-state index is 0.0221. The first-order valence-corrected chi connectivity index (χ1v) is 7.27. The molecule has 2 rings (SSSR count). The Hall–Kier alpha value is -1.00. The molecule has 1 atom stereocenters. The molecule has 19 heavy (non-hydrogen) atoms. The van der Waals surface area contributed by atoms with Crippen molar-refractivity contribution in [3.8, 4) is 0 Å². The van der Waals surface area contributed by atoms with E-state index in [1.165, 1.54) is 0 Å². The first-order chi connectivity index (χ1) is 9.01. The van der Waals surface area contributed by atoms with Gasteiger partial charge in [-0.2, -0.15) is 0 Å². The topological polar surface area (TPSA) is 60.0 Å². The number of hydrogen-bond acceptors (Lipinski definition) is 2. The van der Waals surface area contributed by atoms with Crippen LogP contribution in [0.25, 0.3) is 0 Å². The molecule has 0 radical (unpaired) electrons. The van der Waals surface area contributed by atoms with Gasteiger partial charge < -0.3 is 15.6 Å². The summed E-state index contributed by atoms with van der Waals surface area (Å²) >= 11 is 6.01. The maximum atomic E-state index is 12.3. The van der Waals surface area contributed by atoms with Crippen LogP contribution in [0.3, 0.4) is 0 Å². The molecule has 1 amide bonds. The minimum Gasteiger partial charge on any atom is -0.347 e. The second kappa shape index (κ2) is 5.97. The minimum atomic E-state index is -0.0742. The van der Waals surface area contributed by atoms with Gasteiger partial charge in [-0.15, -0.1) is 0 Å². The van der Waals surface area contributed by atoms with Gasteiger partial charge in [-0.05, 0) is 31.2 Å². The summed E-state index contributed by atoms with van der Waals surface area (Å²) in [5, 5.41) is 3.62.